The van der Waals surface area contributed by atoms with E-state index in [9.17, 15) is 19.2 Å². The van der Waals surface area contributed by atoms with Crippen LogP contribution in [0.25, 0.3) is 11.2 Å². The van der Waals surface area contributed by atoms with Gasteiger partial charge < -0.3 is 43.2 Å². The number of fused-ring (bicyclic) bond motifs is 1. The van der Waals surface area contributed by atoms with Gasteiger partial charge in [-0.1, -0.05) is 151 Å². The fourth-order valence-corrected chi connectivity index (χ4v) is 8.31. The fourth-order valence-electron chi connectivity index (χ4n) is 8.31. The molecule has 378 valence electrons. The third-order valence-corrected chi connectivity index (χ3v) is 12.2. The van der Waals surface area contributed by atoms with Gasteiger partial charge in [0.2, 0.25) is 0 Å². The molecule has 0 saturated carbocycles. The maximum absolute atomic E-state index is 13.9. The number of imidazole rings is 1. The Balaban J connectivity index is 1.22. The van der Waals surface area contributed by atoms with Crippen molar-refractivity contribution in [1.82, 2.24) is 19.5 Å². The van der Waals surface area contributed by atoms with Crippen molar-refractivity contribution in [2.75, 3.05) is 11.9 Å². The van der Waals surface area contributed by atoms with Crippen LogP contribution in [0.15, 0.2) is 134 Å². The van der Waals surface area contributed by atoms with Gasteiger partial charge in [0.15, 0.2) is 47.8 Å². The van der Waals surface area contributed by atoms with Gasteiger partial charge in [-0.2, -0.15) is 0 Å². The largest absolute Gasteiger partial charge is 0.455 e. The number of anilines is 1. The van der Waals surface area contributed by atoms with Crippen LogP contribution in [0.4, 0.5) is 5.82 Å². The molecule has 72 heavy (non-hydrogen) atoms. The minimum atomic E-state index is -1.40. The van der Waals surface area contributed by atoms with Crippen LogP contribution in [-0.4, -0.2) is 99.0 Å². The van der Waals surface area contributed by atoms with Crippen molar-refractivity contribution < 1.29 is 57.1 Å². The number of nitrogens with one attached hydrogen (secondary N) is 1. The summed E-state index contributed by atoms with van der Waals surface area (Å²) in [6.07, 6.45) is -7.49. The molecule has 0 radical (unpaired) electrons. The average Bonchev–Trinajstić information content (AvgIpc) is 3.96. The summed E-state index contributed by atoms with van der Waals surface area (Å²) in [5.41, 5.74) is 3.50. The van der Waals surface area contributed by atoms with Crippen molar-refractivity contribution in [3.05, 3.63) is 156 Å². The second kappa shape index (κ2) is 24.0. The van der Waals surface area contributed by atoms with E-state index in [0.717, 1.165) is 16.7 Å². The third-order valence-electron chi connectivity index (χ3n) is 12.2. The Hall–Kier alpha value is -6.89. The number of nitrogens with zero attached hydrogens (tertiary/aromatic N) is 4. The van der Waals surface area contributed by atoms with Crippen LogP contribution in [0.2, 0.25) is 0 Å². The molecule has 2 fully saturated rings. The molecule has 2 saturated heterocycles. The summed E-state index contributed by atoms with van der Waals surface area (Å²) >= 11 is 0. The van der Waals surface area contributed by atoms with Crippen molar-refractivity contribution in [2.24, 2.45) is 17.8 Å². The first-order valence-corrected chi connectivity index (χ1v) is 24.3. The van der Waals surface area contributed by atoms with E-state index in [1.807, 2.05) is 97.1 Å². The number of benzene rings is 4. The lowest BCUT2D eigenvalue weighted by atomic mass is 9.96. The van der Waals surface area contributed by atoms with Gasteiger partial charge in [-0.25, -0.2) is 15.0 Å². The predicted molar refractivity (Wildman–Crippen MR) is 263 cm³/mol. The Kier molecular flexibility index (Phi) is 17.2. The molecule has 4 aromatic carbocycles. The lowest BCUT2D eigenvalue weighted by molar-refractivity contribution is -0.332. The number of rotatable bonds is 20. The molecule has 1 N–H and O–H groups in total. The molecular formula is C55H61N5O12. The molecule has 9 atom stereocenters. The molecule has 6 aromatic rings. The zero-order valence-corrected chi connectivity index (χ0v) is 41.1. The Morgan fingerprint density at radius 2 is 1.12 bits per heavy atom. The number of carbonyl (C=O) groups excluding carboxylic acids is 4. The summed E-state index contributed by atoms with van der Waals surface area (Å²) < 4.78 is 54.8. The minimum Gasteiger partial charge on any atom is -0.455 e. The molecule has 0 unspecified atom stereocenters. The van der Waals surface area contributed by atoms with Crippen LogP contribution < -0.4 is 5.32 Å². The van der Waals surface area contributed by atoms with Crippen LogP contribution >= 0.6 is 0 Å². The van der Waals surface area contributed by atoms with Crippen molar-refractivity contribution in [3.8, 4) is 0 Å². The van der Waals surface area contributed by atoms with E-state index in [0.29, 0.717) is 5.56 Å². The number of aromatic nitrogens is 4. The fraction of sp³-hybridized carbons (Fsp3) is 0.400. The molecule has 0 bridgehead atoms. The van der Waals surface area contributed by atoms with Gasteiger partial charge in [0.05, 0.1) is 50.0 Å². The summed E-state index contributed by atoms with van der Waals surface area (Å²) in [7, 11) is 0. The van der Waals surface area contributed by atoms with E-state index in [4.69, 9.17) is 37.9 Å². The first-order valence-electron chi connectivity index (χ1n) is 24.3. The minimum absolute atomic E-state index is 0.0113. The standard InChI is InChI=1S/C55H61N5O12/c1-33(2)52(62)69-44-41(30-65-28-37-21-13-8-14-22-37)68-55(47(45(44)70-53(63)34(3)4)66-29-38-23-15-9-16-24-38)72-43-40(27-36-19-11-7-12-20-36)67-51(46(43)71-54(64)35(5)6)60-32-58-42-48(56-31-57-49(42)60)59-50(61)39-25-17-10-18-26-39/h7-26,31-35,40-41,43-47,51,55H,27-30H2,1-6H3,(H,56,57,59,61)/t40-,41-,43-,44-,45+,46-,47-,51-,55-/m1/s1. The van der Waals surface area contributed by atoms with Crippen molar-refractivity contribution in [3.63, 3.8) is 0 Å². The molecule has 2 aromatic heterocycles. The van der Waals surface area contributed by atoms with Gasteiger partial charge in [0, 0.05) is 12.0 Å². The molecule has 8 rings (SSSR count). The SMILES string of the molecule is CC(C)C(=O)O[C@@H]1[C@@H](OCc2ccccc2)[C@@H](O[C@H]2[C@@H](OC(=O)C(C)C)[C@H](n3cnc4c(NC(=O)c5ccccc5)ncnc43)O[C@@H]2Cc2ccccc2)O[C@H](COCc2ccccc2)[C@H]1OC(=O)C(C)C. The Labute approximate surface area is 418 Å². The lowest BCUT2D eigenvalue weighted by Crippen LogP contribution is -2.64. The maximum atomic E-state index is 13.9. The normalized spacial score (nSPS) is 23.0. The monoisotopic (exact) mass is 983 g/mol. The third kappa shape index (κ3) is 12.6. The molecule has 1 amide bonds. The van der Waals surface area contributed by atoms with Gasteiger partial charge in [-0.3, -0.25) is 23.7 Å². The first-order chi connectivity index (χ1) is 34.8. The first kappa shape index (κ1) is 51.5. The highest BCUT2D eigenvalue weighted by molar-refractivity contribution is 6.06. The van der Waals surface area contributed by atoms with E-state index >= 15 is 0 Å². The summed E-state index contributed by atoms with van der Waals surface area (Å²) in [6, 6.07) is 37.2. The molecular weight excluding hydrogens is 923 g/mol. The highest BCUT2D eigenvalue weighted by Gasteiger charge is 2.56. The number of esters is 3. The average molecular weight is 984 g/mol. The van der Waals surface area contributed by atoms with Gasteiger partial charge in [0.25, 0.3) is 5.91 Å². The Bertz CT molecular complexity index is 2730. The highest BCUT2D eigenvalue weighted by Crippen LogP contribution is 2.41. The predicted octanol–water partition coefficient (Wildman–Crippen LogP) is 7.83. The van der Waals surface area contributed by atoms with E-state index in [2.05, 4.69) is 20.3 Å². The van der Waals surface area contributed by atoms with E-state index in [-0.39, 0.29) is 43.2 Å². The zero-order valence-electron chi connectivity index (χ0n) is 41.1. The van der Waals surface area contributed by atoms with Crippen molar-refractivity contribution in [1.29, 1.82) is 0 Å². The number of hydrogen-bond acceptors (Lipinski definition) is 15. The topological polar surface area (TPSA) is 198 Å². The number of amides is 1. The van der Waals surface area contributed by atoms with E-state index in [1.54, 1.807) is 70.4 Å². The van der Waals surface area contributed by atoms with E-state index in [1.165, 1.54) is 12.7 Å². The van der Waals surface area contributed by atoms with Gasteiger partial charge >= 0.3 is 17.9 Å². The Morgan fingerprint density at radius 3 is 1.72 bits per heavy atom. The van der Waals surface area contributed by atoms with Crippen LogP contribution in [0.1, 0.15) is 74.8 Å². The summed E-state index contributed by atoms with van der Waals surface area (Å²) in [6.45, 7) is 10.3. The van der Waals surface area contributed by atoms with Crippen molar-refractivity contribution in [2.45, 2.75) is 116 Å². The maximum Gasteiger partial charge on any atom is 0.308 e. The molecule has 17 heteroatoms. The number of hydrogen-bond donors (Lipinski definition) is 1. The Morgan fingerprint density at radius 1 is 0.583 bits per heavy atom. The molecule has 2 aliphatic heterocycles. The summed E-state index contributed by atoms with van der Waals surface area (Å²) in [5.74, 6) is -3.65. The smallest absolute Gasteiger partial charge is 0.308 e. The second-order valence-electron chi connectivity index (χ2n) is 18.7. The molecule has 0 aliphatic carbocycles. The van der Waals surface area contributed by atoms with E-state index < -0.39 is 96.8 Å². The number of carbonyl (C=O) groups is 4. The van der Waals surface area contributed by atoms with Crippen LogP contribution in [0.3, 0.4) is 0 Å². The van der Waals surface area contributed by atoms with Gasteiger partial charge in [0.1, 0.15) is 24.6 Å². The molecule has 0 spiro atoms. The molecule has 4 heterocycles. The van der Waals surface area contributed by atoms with Crippen LogP contribution in [0.5, 0.6) is 0 Å². The number of ether oxygens (including phenoxy) is 8. The van der Waals surface area contributed by atoms with Crippen LogP contribution in [-0.2, 0) is 71.9 Å². The van der Waals surface area contributed by atoms with Crippen LogP contribution in [0, 0.1) is 17.8 Å². The molecule has 17 nitrogen and oxygen atoms in total. The second-order valence-corrected chi connectivity index (χ2v) is 18.7. The highest BCUT2D eigenvalue weighted by atomic mass is 16.7. The quantitative estimate of drug-likeness (QED) is 0.0573. The summed E-state index contributed by atoms with van der Waals surface area (Å²) in [5, 5.41) is 2.85. The van der Waals surface area contributed by atoms with Gasteiger partial charge in [-0.05, 0) is 28.8 Å². The van der Waals surface area contributed by atoms with Gasteiger partial charge in [-0.15, -0.1) is 0 Å². The zero-order chi connectivity index (χ0) is 50.7. The molecule has 2 aliphatic rings. The lowest BCUT2D eigenvalue weighted by Gasteiger charge is -2.46. The summed E-state index contributed by atoms with van der Waals surface area (Å²) in [4.78, 5) is 68.3. The van der Waals surface area contributed by atoms with Crippen molar-refractivity contribution >= 4 is 40.8 Å².